The molecule has 2 aromatic heterocycles. The van der Waals surface area contributed by atoms with E-state index >= 15 is 0 Å². The highest BCUT2D eigenvalue weighted by Crippen LogP contribution is 2.28. The van der Waals surface area contributed by atoms with Crippen molar-refractivity contribution in [1.82, 2.24) is 15.1 Å². The van der Waals surface area contributed by atoms with Crippen LogP contribution in [-0.2, 0) is 18.3 Å². The maximum Gasteiger partial charge on any atom is 0.244 e. The van der Waals surface area contributed by atoms with Crippen molar-refractivity contribution in [3.05, 3.63) is 71.4 Å². The number of carbonyl (C=O) groups is 1. The van der Waals surface area contributed by atoms with Gasteiger partial charge in [-0.15, -0.1) is 11.3 Å². The summed E-state index contributed by atoms with van der Waals surface area (Å²) in [5, 5.41) is 7.06. The van der Waals surface area contributed by atoms with Crippen LogP contribution in [0.3, 0.4) is 0 Å². The van der Waals surface area contributed by atoms with Crippen molar-refractivity contribution < 1.29 is 4.79 Å². The van der Waals surface area contributed by atoms with E-state index in [-0.39, 0.29) is 5.91 Å². The monoisotopic (exact) mass is 351 g/mol. The Morgan fingerprint density at radius 1 is 1.24 bits per heavy atom. The van der Waals surface area contributed by atoms with Crippen LogP contribution in [0.25, 0.3) is 16.5 Å². The molecule has 0 aliphatic carbocycles. The second kappa shape index (κ2) is 8.44. The predicted octanol–water partition coefficient (Wildman–Crippen LogP) is 3.91. The molecule has 0 fully saturated rings. The summed E-state index contributed by atoms with van der Waals surface area (Å²) in [6.45, 7) is 0.664. The van der Waals surface area contributed by atoms with E-state index in [1.54, 1.807) is 22.1 Å². The van der Waals surface area contributed by atoms with Gasteiger partial charge in [0, 0.05) is 35.6 Å². The van der Waals surface area contributed by atoms with Gasteiger partial charge >= 0.3 is 0 Å². The standard InChI is InChI=1S/C20H21N3OS/c1-23-15-16(14-22-23)6-5-13-21-20(24)12-10-18-9-11-19(25-18)17-7-3-2-4-8-17/h2-4,7-12,14-15H,5-6,13H2,1H3,(H,21,24)/b12-10+. The molecule has 0 aliphatic rings. The lowest BCUT2D eigenvalue weighted by Gasteiger charge is -2.00. The first-order valence-electron chi connectivity index (χ1n) is 8.29. The molecule has 0 saturated carbocycles. The highest BCUT2D eigenvalue weighted by molar-refractivity contribution is 7.16. The van der Waals surface area contributed by atoms with Gasteiger partial charge in [0.25, 0.3) is 0 Å². The fourth-order valence-corrected chi connectivity index (χ4v) is 3.44. The predicted molar refractivity (Wildman–Crippen MR) is 103 cm³/mol. The topological polar surface area (TPSA) is 46.9 Å². The zero-order valence-corrected chi connectivity index (χ0v) is 15.0. The van der Waals surface area contributed by atoms with Crippen LogP contribution >= 0.6 is 11.3 Å². The van der Waals surface area contributed by atoms with Crippen molar-refractivity contribution >= 4 is 23.3 Å². The highest BCUT2D eigenvalue weighted by atomic mass is 32.1. The van der Waals surface area contributed by atoms with Gasteiger partial charge in [-0.2, -0.15) is 5.10 Å². The number of aromatic nitrogens is 2. The van der Waals surface area contributed by atoms with Crippen molar-refractivity contribution in [1.29, 1.82) is 0 Å². The molecular formula is C20H21N3OS. The second-order valence-corrected chi connectivity index (χ2v) is 6.93. The van der Waals surface area contributed by atoms with E-state index < -0.39 is 0 Å². The molecule has 0 bridgehead atoms. The molecule has 0 unspecified atom stereocenters. The molecule has 2 heterocycles. The summed E-state index contributed by atoms with van der Waals surface area (Å²) in [5.41, 5.74) is 2.39. The van der Waals surface area contributed by atoms with Gasteiger partial charge in [0.2, 0.25) is 5.91 Å². The average Bonchev–Trinajstić information content (AvgIpc) is 3.27. The largest absolute Gasteiger partial charge is 0.353 e. The number of thiophene rings is 1. The molecular weight excluding hydrogens is 330 g/mol. The van der Waals surface area contributed by atoms with Crippen LogP contribution in [0.1, 0.15) is 16.9 Å². The molecule has 0 aliphatic heterocycles. The van der Waals surface area contributed by atoms with Crippen LogP contribution < -0.4 is 5.32 Å². The molecule has 25 heavy (non-hydrogen) atoms. The van der Waals surface area contributed by atoms with Gasteiger partial charge in [-0.1, -0.05) is 30.3 Å². The van der Waals surface area contributed by atoms with Crippen molar-refractivity contribution in [2.75, 3.05) is 6.54 Å². The number of nitrogens with one attached hydrogen (secondary N) is 1. The highest BCUT2D eigenvalue weighted by Gasteiger charge is 2.01. The summed E-state index contributed by atoms with van der Waals surface area (Å²) < 4.78 is 1.79. The summed E-state index contributed by atoms with van der Waals surface area (Å²) in [6, 6.07) is 14.4. The van der Waals surface area contributed by atoms with E-state index in [2.05, 4.69) is 28.6 Å². The third-order valence-electron chi connectivity index (χ3n) is 3.78. The molecule has 0 atom stereocenters. The van der Waals surface area contributed by atoms with Crippen LogP contribution in [0, 0.1) is 0 Å². The first-order chi connectivity index (χ1) is 12.2. The summed E-state index contributed by atoms with van der Waals surface area (Å²) in [7, 11) is 1.91. The first kappa shape index (κ1) is 17.2. The third kappa shape index (κ3) is 5.16. The van der Waals surface area contributed by atoms with Crippen molar-refractivity contribution in [2.24, 2.45) is 7.05 Å². The van der Waals surface area contributed by atoms with Crippen LogP contribution in [0.4, 0.5) is 0 Å². The molecule has 4 nitrogen and oxygen atoms in total. The molecule has 1 amide bonds. The average molecular weight is 351 g/mol. The van der Waals surface area contributed by atoms with Crippen LogP contribution in [0.5, 0.6) is 0 Å². The Labute approximate surface area is 151 Å². The smallest absolute Gasteiger partial charge is 0.244 e. The minimum absolute atomic E-state index is 0.0548. The SMILES string of the molecule is Cn1cc(CCCNC(=O)/C=C/c2ccc(-c3ccccc3)s2)cn1. The van der Waals surface area contributed by atoms with Gasteiger partial charge in [-0.25, -0.2) is 0 Å². The summed E-state index contributed by atoms with van der Waals surface area (Å²) in [6.07, 6.45) is 9.16. The minimum atomic E-state index is -0.0548. The molecule has 3 aromatic rings. The van der Waals surface area contributed by atoms with Crippen LogP contribution in [-0.4, -0.2) is 22.2 Å². The normalized spacial score (nSPS) is 11.1. The summed E-state index contributed by atoms with van der Waals surface area (Å²) in [4.78, 5) is 14.2. The maximum absolute atomic E-state index is 11.9. The summed E-state index contributed by atoms with van der Waals surface area (Å²) in [5.74, 6) is -0.0548. The number of carbonyl (C=O) groups excluding carboxylic acids is 1. The molecule has 5 heteroatoms. The van der Waals surface area contributed by atoms with E-state index in [1.807, 2.05) is 49.8 Å². The Kier molecular flexibility index (Phi) is 5.80. The Hall–Kier alpha value is -2.66. The van der Waals surface area contributed by atoms with Crippen molar-refractivity contribution in [2.45, 2.75) is 12.8 Å². The Morgan fingerprint density at radius 2 is 2.08 bits per heavy atom. The zero-order chi connectivity index (χ0) is 17.5. The number of nitrogens with zero attached hydrogens (tertiary/aromatic N) is 2. The Balaban J connectivity index is 1.44. The van der Waals surface area contributed by atoms with Crippen molar-refractivity contribution in [3.8, 4) is 10.4 Å². The van der Waals surface area contributed by atoms with Gasteiger partial charge < -0.3 is 5.32 Å². The Bertz CT molecular complexity index is 849. The molecule has 0 radical (unpaired) electrons. The van der Waals surface area contributed by atoms with Crippen molar-refractivity contribution in [3.63, 3.8) is 0 Å². The molecule has 1 N–H and O–H groups in total. The van der Waals surface area contributed by atoms with Gasteiger partial charge in [0.05, 0.1) is 6.20 Å². The van der Waals surface area contributed by atoms with Gasteiger partial charge in [-0.3, -0.25) is 9.48 Å². The lowest BCUT2D eigenvalue weighted by molar-refractivity contribution is -0.116. The number of rotatable bonds is 7. The zero-order valence-electron chi connectivity index (χ0n) is 14.2. The van der Waals surface area contributed by atoms with Crippen LogP contribution in [0.15, 0.2) is 60.9 Å². The van der Waals surface area contributed by atoms with E-state index in [1.165, 1.54) is 16.0 Å². The summed E-state index contributed by atoms with van der Waals surface area (Å²) >= 11 is 1.68. The number of hydrogen-bond donors (Lipinski definition) is 1. The number of aryl methyl sites for hydroxylation is 2. The van der Waals surface area contributed by atoms with E-state index in [4.69, 9.17) is 0 Å². The molecule has 128 valence electrons. The Morgan fingerprint density at radius 3 is 2.84 bits per heavy atom. The fraction of sp³-hybridized carbons (Fsp3) is 0.200. The van der Waals surface area contributed by atoms with Gasteiger partial charge in [-0.05, 0) is 42.2 Å². The third-order valence-corrected chi connectivity index (χ3v) is 4.88. The number of hydrogen-bond acceptors (Lipinski definition) is 3. The van der Waals surface area contributed by atoms with E-state index in [0.29, 0.717) is 6.54 Å². The number of amides is 1. The minimum Gasteiger partial charge on any atom is -0.353 e. The first-order valence-corrected chi connectivity index (χ1v) is 9.11. The molecule has 0 saturated heterocycles. The van der Waals surface area contributed by atoms with E-state index in [0.717, 1.165) is 17.7 Å². The quantitative estimate of drug-likeness (QED) is 0.518. The molecule has 3 rings (SSSR count). The number of benzene rings is 1. The van der Waals surface area contributed by atoms with Gasteiger partial charge in [0.15, 0.2) is 0 Å². The molecule has 1 aromatic carbocycles. The van der Waals surface area contributed by atoms with E-state index in [9.17, 15) is 4.79 Å². The lowest BCUT2D eigenvalue weighted by Crippen LogP contribution is -2.22. The maximum atomic E-state index is 11.9. The van der Waals surface area contributed by atoms with Gasteiger partial charge in [0.1, 0.15) is 0 Å². The van der Waals surface area contributed by atoms with Crippen LogP contribution in [0.2, 0.25) is 0 Å². The lowest BCUT2D eigenvalue weighted by atomic mass is 10.2. The second-order valence-electron chi connectivity index (χ2n) is 5.82. The molecule has 0 spiro atoms. The fourth-order valence-electron chi connectivity index (χ4n) is 2.52.